The van der Waals surface area contributed by atoms with Crippen LogP contribution in [0.4, 0.5) is 5.95 Å². The maximum absolute atomic E-state index is 12.3. The fraction of sp³-hybridized carbons (Fsp3) is 0.588. The van der Waals surface area contributed by atoms with Gasteiger partial charge < -0.3 is 9.80 Å². The number of fused-ring (bicyclic) bond motifs is 1. The molecule has 3 heterocycles. The van der Waals surface area contributed by atoms with E-state index in [1.54, 1.807) is 0 Å². The predicted octanol–water partition coefficient (Wildman–Crippen LogP) is 2.12. The summed E-state index contributed by atoms with van der Waals surface area (Å²) >= 11 is 0. The van der Waals surface area contributed by atoms with E-state index < -0.39 is 0 Å². The van der Waals surface area contributed by atoms with Crippen molar-refractivity contribution in [3.8, 4) is 0 Å². The van der Waals surface area contributed by atoms with Crippen LogP contribution in [-0.2, 0) is 4.79 Å². The monoisotopic (exact) mass is 315 g/mol. The molecule has 0 radical (unpaired) electrons. The molecule has 1 saturated heterocycles. The highest BCUT2D eigenvalue weighted by atomic mass is 16.2. The van der Waals surface area contributed by atoms with Crippen molar-refractivity contribution in [2.45, 2.75) is 33.6 Å². The molecule has 0 atom stereocenters. The molecule has 2 aromatic heterocycles. The number of pyridine rings is 1. The van der Waals surface area contributed by atoms with Crippen LogP contribution in [0.2, 0.25) is 0 Å². The Bertz CT molecular complexity index is 693. The van der Waals surface area contributed by atoms with E-state index in [1.807, 2.05) is 17.0 Å². The molecule has 6 nitrogen and oxygen atoms in total. The van der Waals surface area contributed by atoms with Crippen molar-refractivity contribution in [3.63, 3.8) is 0 Å². The molecule has 0 aromatic carbocycles. The Morgan fingerprint density at radius 1 is 1.17 bits per heavy atom. The average Bonchev–Trinajstić information content (AvgIpc) is 2.78. The summed E-state index contributed by atoms with van der Waals surface area (Å²) in [6.07, 6.45) is 1.59. The van der Waals surface area contributed by atoms with Gasteiger partial charge in [0.1, 0.15) is 0 Å². The normalized spacial score (nSPS) is 16.2. The quantitative estimate of drug-likeness (QED) is 0.870. The van der Waals surface area contributed by atoms with Gasteiger partial charge in [-0.3, -0.25) is 9.20 Å². The minimum absolute atomic E-state index is 0.268. The highest BCUT2D eigenvalue weighted by Crippen LogP contribution is 2.18. The molecule has 6 heteroatoms. The van der Waals surface area contributed by atoms with Gasteiger partial charge in [0.05, 0.1) is 0 Å². The zero-order valence-corrected chi connectivity index (χ0v) is 14.2. The van der Waals surface area contributed by atoms with Crippen LogP contribution in [0.5, 0.6) is 0 Å². The van der Waals surface area contributed by atoms with E-state index in [2.05, 4.69) is 46.3 Å². The van der Waals surface area contributed by atoms with Crippen molar-refractivity contribution in [3.05, 3.63) is 23.9 Å². The molecule has 124 valence electrons. The molecule has 0 bridgehead atoms. The van der Waals surface area contributed by atoms with Crippen molar-refractivity contribution < 1.29 is 4.79 Å². The smallest absolute Gasteiger partial charge is 0.231 e. The maximum atomic E-state index is 12.3. The molecule has 0 aliphatic carbocycles. The van der Waals surface area contributed by atoms with Crippen LogP contribution in [0.25, 0.3) is 5.65 Å². The van der Waals surface area contributed by atoms with Gasteiger partial charge in [-0.15, -0.1) is 10.2 Å². The van der Waals surface area contributed by atoms with Crippen LogP contribution in [-0.4, -0.2) is 51.6 Å². The third kappa shape index (κ3) is 3.30. The molecule has 3 rings (SSSR count). The fourth-order valence-corrected chi connectivity index (χ4v) is 3.13. The fourth-order valence-electron chi connectivity index (χ4n) is 3.13. The molecule has 0 spiro atoms. The minimum Gasteiger partial charge on any atom is -0.341 e. The van der Waals surface area contributed by atoms with E-state index in [-0.39, 0.29) is 5.91 Å². The van der Waals surface area contributed by atoms with Gasteiger partial charge in [-0.25, -0.2) is 0 Å². The summed E-state index contributed by atoms with van der Waals surface area (Å²) in [6.45, 7) is 9.54. The Kier molecular flexibility index (Phi) is 4.50. The van der Waals surface area contributed by atoms with E-state index in [0.29, 0.717) is 12.3 Å². The number of rotatable bonds is 3. The van der Waals surface area contributed by atoms with Gasteiger partial charge in [0.25, 0.3) is 0 Å². The predicted molar refractivity (Wildman–Crippen MR) is 90.6 cm³/mol. The van der Waals surface area contributed by atoms with Crippen LogP contribution >= 0.6 is 0 Å². The first-order valence-electron chi connectivity index (χ1n) is 8.39. The van der Waals surface area contributed by atoms with E-state index in [0.717, 1.165) is 49.9 Å². The summed E-state index contributed by atoms with van der Waals surface area (Å²) in [4.78, 5) is 16.5. The van der Waals surface area contributed by atoms with Crippen LogP contribution in [0.3, 0.4) is 0 Å². The van der Waals surface area contributed by atoms with Gasteiger partial charge in [-0.1, -0.05) is 19.9 Å². The summed E-state index contributed by atoms with van der Waals surface area (Å²) in [6, 6.07) is 6.04. The summed E-state index contributed by atoms with van der Waals surface area (Å²) < 4.78 is 2.09. The van der Waals surface area contributed by atoms with Crippen molar-refractivity contribution >= 4 is 17.5 Å². The van der Waals surface area contributed by atoms with Crippen molar-refractivity contribution in [2.75, 3.05) is 31.1 Å². The Morgan fingerprint density at radius 3 is 2.78 bits per heavy atom. The molecular formula is C17H25N5O. The number of hydrogen-bond acceptors (Lipinski definition) is 4. The first-order valence-corrected chi connectivity index (χ1v) is 8.39. The lowest BCUT2D eigenvalue weighted by atomic mass is 10.1. The molecule has 0 unspecified atom stereocenters. The van der Waals surface area contributed by atoms with Gasteiger partial charge in [0, 0.05) is 38.3 Å². The number of hydrogen-bond donors (Lipinski definition) is 0. The standard InChI is InChI=1S/C17H25N5O/c1-13(2)12-16(23)20-8-5-9-21(11-10-20)17-19-18-15-7-4-6-14(3)22(15)17/h4,6-7,13H,5,8-12H2,1-3H3. The maximum Gasteiger partial charge on any atom is 0.231 e. The highest BCUT2D eigenvalue weighted by Gasteiger charge is 2.22. The Hall–Kier alpha value is -2.11. The summed E-state index contributed by atoms with van der Waals surface area (Å²) in [5.41, 5.74) is 2.00. The molecule has 1 amide bonds. The van der Waals surface area contributed by atoms with Gasteiger partial charge in [-0.2, -0.15) is 0 Å². The largest absolute Gasteiger partial charge is 0.341 e. The number of carbonyl (C=O) groups excluding carboxylic acids is 1. The summed E-state index contributed by atoms with van der Waals surface area (Å²) in [7, 11) is 0. The highest BCUT2D eigenvalue weighted by molar-refractivity contribution is 5.76. The second-order valence-corrected chi connectivity index (χ2v) is 6.68. The summed E-state index contributed by atoms with van der Waals surface area (Å²) in [5.74, 6) is 1.56. The molecule has 23 heavy (non-hydrogen) atoms. The van der Waals surface area contributed by atoms with Crippen molar-refractivity contribution in [2.24, 2.45) is 5.92 Å². The number of anilines is 1. The van der Waals surface area contributed by atoms with E-state index in [9.17, 15) is 4.79 Å². The van der Waals surface area contributed by atoms with Crippen LogP contribution in [0, 0.1) is 12.8 Å². The van der Waals surface area contributed by atoms with Gasteiger partial charge in [0.2, 0.25) is 11.9 Å². The van der Waals surface area contributed by atoms with Crippen molar-refractivity contribution in [1.82, 2.24) is 19.5 Å². The van der Waals surface area contributed by atoms with Crippen LogP contribution in [0.15, 0.2) is 18.2 Å². The number of amides is 1. The van der Waals surface area contributed by atoms with Gasteiger partial charge in [0.15, 0.2) is 5.65 Å². The second kappa shape index (κ2) is 6.56. The number of aryl methyl sites for hydroxylation is 1. The zero-order chi connectivity index (χ0) is 16.4. The van der Waals surface area contributed by atoms with Crippen LogP contribution in [0.1, 0.15) is 32.4 Å². The molecule has 1 aliphatic heterocycles. The number of aromatic nitrogens is 3. The zero-order valence-electron chi connectivity index (χ0n) is 14.2. The van der Waals surface area contributed by atoms with Gasteiger partial charge >= 0.3 is 0 Å². The first kappa shape index (κ1) is 15.8. The topological polar surface area (TPSA) is 53.7 Å². The Morgan fingerprint density at radius 2 is 2.00 bits per heavy atom. The van der Waals surface area contributed by atoms with Crippen molar-refractivity contribution in [1.29, 1.82) is 0 Å². The molecule has 1 fully saturated rings. The SMILES string of the molecule is Cc1cccc2nnc(N3CCCN(C(=O)CC(C)C)CC3)n12. The lowest BCUT2D eigenvalue weighted by Crippen LogP contribution is -2.36. The molecule has 1 aliphatic rings. The van der Waals surface area contributed by atoms with Crippen LogP contribution < -0.4 is 4.90 Å². The third-order valence-corrected chi connectivity index (χ3v) is 4.32. The lowest BCUT2D eigenvalue weighted by molar-refractivity contribution is -0.131. The minimum atomic E-state index is 0.268. The third-order valence-electron chi connectivity index (χ3n) is 4.32. The lowest BCUT2D eigenvalue weighted by Gasteiger charge is -2.23. The number of nitrogens with zero attached hydrogens (tertiary/aromatic N) is 5. The molecular weight excluding hydrogens is 290 g/mol. The molecule has 0 saturated carbocycles. The van der Waals surface area contributed by atoms with E-state index in [4.69, 9.17) is 0 Å². The van der Waals surface area contributed by atoms with Gasteiger partial charge in [-0.05, 0) is 31.4 Å². The Balaban J connectivity index is 1.76. The molecule has 0 N–H and O–H groups in total. The second-order valence-electron chi connectivity index (χ2n) is 6.68. The average molecular weight is 315 g/mol. The van der Waals surface area contributed by atoms with E-state index >= 15 is 0 Å². The number of carbonyl (C=O) groups is 1. The first-order chi connectivity index (χ1) is 11.1. The summed E-state index contributed by atoms with van der Waals surface area (Å²) in [5, 5.41) is 8.64. The van der Waals surface area contributed by atoms with E-state index in [1.165, 1.54) is 0 Å². The molecule has 2 aromatic rings. The Labute approximate surface area is 137 Å².